The lowest BCUT2D eigenvalue weighted by atomic mass is 10.1. The van der Waals surface area contributed by atoms with Gasteiger partial charge in [0, 0.05) is 17.1 Å². The molecule has 11 heteroatoms. The van der Waals surface area contributed by atoms with Crippen molar-refractivity contribution >= 4 is 62.3 Å². The van der Waals surface area contributed by atoms with Crippen LogP contribution in [0.5, 0.6) is 0 Å². The molecule has 40 heavy (non-hydrogen) atoms. The molecule has 0 heterocycles. The molecule has 2 amide bonds. The summed E-state index contributed by atoms with van der Waals surface area (Å²) < 4.78 is 28.8. The summed E-state index contributed by atoms with van der Waals surface area (Å²) in [5.74, 6) is -0.987. The molecule has 0 saturated heterocycles. The highest BCUT2D eigenvalue weighted by atomic mass is 35.5. The van der Waals surface area contributed by atoms with Crippen LogP contribution in [0.3, 0.4) is 0 Å². The maximum Gasteiger partial charge on any atom is 0.264 e. The lowest BCUT2D eigenvalue weighted by Gasteiger charge is -2.34. The molecule has 7 nitrogen and oxygen atoms in total. The molecule has 0 saturated carbocycles. The standard InChI is InChI=1S/C29H32Cl3N3O4S/c1-19-11-13-22(30)16-26(19)35(40(38,39)23-9-7-6-8-10-23)18-27(36)34(20(2)28(37)33-29(3,4)5)17-21-12-14-24(31)25(32)15-21/h6-16,20H,17-18H2,1-5H3,(H,33,37)/t20-/m1/s1. The molecule has 3 rings (SSSR count). The molecular formula is C29H32Cl3N3O4S. The number of carbonyl (C=O) groups is 2. The van der Waals surface area contributed by atoms with Gasteiger partial charge < -0.3 is 10.2 Å². The van der Waals surface area contributed by atoms with E-state index in [1.807, 2.05) is 20.8 Å². The first kappa shape index (κ1) is 31.7. The minimum atomic E-state index is -4.19. The van der Waals surface area contributed by atoms with Crippen LogP contribution in [0.25, 0.3) is 0 Å². The lowest BCUT2D eigenvalue weighted by Crippen LogP contribution is -2.54. The van der Waals surface area contributed by atoms with Crippen LogP contribution in [-0.2, 0) is 26.2 Å². The molecule has 0 spiro atoms. The van der Waals surface area contributed by atoms with E-state index in [9.17, 15) is 18.0 Å². The van der Waals surface area contributed by atoms with Gasteiger partial charge in [-0.1, -0.05) is 65.1 Å². The smallest absolute Gasteiger partial charge is 0.264 e. The Bertz CT molecular complexity index is 1490. The summed E-state index contributed by atoms with van der Waals surface area (Å²) in [6, 6.07) is 16.6. The third-order valence-corrected chi connectivity index (χ3v) is 8.80. The van der Waals surface area contributed by atoms with Crippen LogP contribution >= 0.6 is 34.8 Å². The Morgan fingerprint density at radius 2 is 1.57 bits per heavy atom. The van der Waals surface area contributed by atoms with Gasteiger partial charge in [0.15, 0.2) is 0 Å². The van der Waals surface area contributed by atoms with Crippen molar-refractivity contribution in [2.45, 2.75) is 57.6 Å². The molecule has 0 aromatic heterocycles. The molecule has 214 valence electrons. The van der Waals surface area contributed by atoms with Crippen LogP contribution in [0.4, 0.5) is 5.69 Å². The first-order chi connectivity index (χ1) is 18.6. The fraction of sp³-hybridized carbons (Fsp3) is 0.310. The van der Waals surface area contributed by atoms with Gasteiger partial charge in [-0.3, -0.25) is 13.9 Å². The van der Waals surface area contributed by atoms with E-state index in [0.717, 1.165) is 4.31 Å². The molecule has 0 bridgehead atoms. The third kappa shape index (κ3) is 7.91. The number of hydrogen-bond donors (Lipinski definition) is 1. The number of halogens is 3. The van der Waals surface area contributed by atoms with Gasteiger partial charge in [-0.05, 0) is 82.1 Å². The first-order valence-electron chi connectivity index (χ1n) is 12.5. The number of anilines is 1. The van der Waals surface area contributed by atoms with E-state index in [1.54, 1.807) is 62.4 Å². The van der Waals surface area contributed by atoms with E-state index in [1.165, 1.54) is 23.1 Å². The monoisotopic (exact) mass is 623 g/mol. The number of benzene rings is 3. The second-order valence-corrected chi connectivity index (χ2v) is 13.6. The van der Waals surface area contributed by atoms with E-state index in [-0.39, 0.29) is 17.1 Å². The van der Waals surface area contributed by atoms with Crippen molar-refractivity contribution in [1.29, 1.82) is 0 Å². The number of aryl methyl sites for hydroxylation is 1. The molecule has 1 atom stereocenters. The Hall–Kier alpha value is -2.78. The van der Waals surface area contributed by atoms with Crippen LogP contribution in [0.2, 0.25) is 15.1 Å². The van der Waals surface area contributed by atoms with Crippen molar-refractivity contribution in [3.8, 4) is 0 Å². The average Bonchev–Trinajstić information content (AvgIpc) is 2.88. The molecule has 0 unspecified atom stereocenters. The van der Waals surface area contributed by atoms with Gasteiger partial charge in [0.05, 0.1) is 20.6 Å². The molecule has 1 N–H and O–H groups in total. The van der Waals surface area contributed by atoms with Crippen molar-refractivity contribution in [1.82, 2.24) is 10.2 Å². The normalized spacial score (nSPS) is 12.5. The summed E-state index contributed by atoms with van der Waals surface area (Å²) in [5.41, 5.74) is 0.927. The Kier molecular flexibility index (Phi) is 10.2. The Labute approximate surface area is 251 Å². The largest absolute Gasteiger partial charge is 0.350 e. The zero-order valence-electron chi connectivity index (χ0n) is 22.9. The van der Waals surface area contributed by atoms with Gasteiger partial charge in [0.25, 0.3) is 10.0 Å². The van der Waals surface area contributed by atoms with Crippen LogP contribution in [0.1, 0.15) is 38.8 Å². The molecule has 0 fully saturated rings. The highest BCUT2D eigenvalue weighted by molar-refractivity contribution is 7.92. The predicted octanol–water partition coefficient (Wildman–Crippen LogP) is 6.48. The van der Waals surface area contributed by atoms with Crippen molar-refractivity contribution in [3.63, 3.8) is 0 Å². The summed E-state index contributed by atoms with van der Waals surface area (Å²) >= 11 is 18.5. The molecule has 0 aliphatic rings. The zero-order valence-corrected chi connectivity index (χ0v) is 26.0. The number of nitrogens with one attached hydrogen (secondary N) is 1. The van der Waals surface area contributed by atoms with Gasteiger partial charge in [-0.2, -0.15) is 0 Å². The summed E-state index contributed by atoms with van der Waals surface area (Å²) in [5, 5.41) is 3.84. The minimum Gasteiger partial charge on any atom is -0.350 e. The second kappa shape index (κ2) is 12.8. The van der Waals surface area contributed by atoms with Crippen molar-refractivity contribution in [3.05, 3.63) is 92.9 Å². The third-order valence-electron chi connectivity index (χ3n) is 6.05. The Morgan fingerprint density at radius 1 is 0.925 bits per heavy atom. The molecule has 0 aliphatic heterocycles. The van der Waals surface area contributed by atoms with E-state index in [4.69, 9.17) is 34.8 Å². The van der Waals surface area contributed by atoms with E-state index < -0.39 is 40.0 Å². The number of nitrogens with zero attached hydrogens (tertiary/aromatic N) is 2. The molecule has 0 radical (unpaired) electrons. The minimum absolute atomic E-state index is 0.0109. The summed E-state index contributed by atoms with van der Waals surface area (Å²) in [6.07, 6.45) is 0. The van der Waals surface area contributed by atoms with Crippen LogP contribution in [0.15, 0.2) is 71.6 Å². The maximum absolute atomic E-state index is 14.0. The summed E-state index contributed by atoms with van der Waals surface area (Å²) in [7, 11) is -4.19. The average molecular weight is 625 g/mol. The fourth-order valence-corrected chi connectivity index (χ4v) is 5.95. The Morgan fingerprint density at radius 3 is 2.17 bits per heavy atom. The van der Waals surface area contributed by atoms with Gasteiger partial charge in [0.1, 0.15) is 12.6 Å². The molecule has 3 aromatic rings. The van der Waals surface area contributed by atoms with Crippen LogP contribution in [0, 0.1) is 6.92 Å². The second-order valence-electron chi connectivity index (χ2n) is 10.4. The highest BCUT2D eigenvalue weighted by Gasteiger charge is 2.34. The van der Waals surface area contributed by atoms with E-state index in [2.05, 4.69) is 5.32 Å². The maximum atomic E-state index is 14.0. The SMILES string of the molecule is Cc1ccc(Cl)cc1N(CC(=O)N(Cc1ccc(Cl)c(Cl)c1)[C@H](C)C(=O)NC(C)(C)C)S(=O)(=O)c1ccccc1. The topological polar surface area (TPSA) is 86.8 Å². The quantitative estimate of drug-likeness (QED) is 0.295. The first-order valence-corrected chi connectivity index (χ1v) is 15.1. The van der Waals surface area contributed by atoms with E-state index >= 15 is 0 Å². The van der Waals surface area contributed by atoms with Gasteiger partial charge in [-0.25, -0.2) is 8.42 Å². The molecule has 3 aromatic carbocycles. The lowest BCUT2D eigenvalue weighted by molar-refractivity contribution is -0.140. The number of carbonyl (C=O) groups excluding carboxylic acids is 2. The van der Waals surface area contributed by atoms with Crippen molar-refractivity contribution in [2.24, 2.45) is 0 Å². The van der Waals surface area contributed by atoms with Crippen molar-refractivity contribution in [2.75, 3.05) is 10.8 Å². The molecular weight excluding hydrogens is 593 g/mol. The van der Waals surface area contributed by atoms with Crippen LogP contribution in [-0.4, -0.2) is 43.3 Å². The Balaban J connectivity index is 2.08. The van der Waals surface area contributed by atoms with Crippen LogP contribution < -0.4 is 9.62 Å². The van der Waals surface area contributed by atoms with Crippen molar-refractivity contribution < 1.29 is 18.0 Å². The number of sulfonamides is 1. The molecule has 0 aliphatic carbocycles. The highest BCUT2D eigenvalue weighted by Crippen LogP contribution is 2.30. The van der Waals surface area contributed by atoms with Gasteiger partial charge in [-0.15, -0.1) is 0 Å². The number of rotatable bonds is 9. The van der Waals surface area contributed by atoms with Gasteiger partial charge in [0.2, 0.25) is 11.8 Å². The number of amides is 2. The van der Waals surface area contributed by atoms with Gasteiger partial charge >= 0.3 is 0 Å². The zero-order chi connectivity index (χ0) is 29.8. The van der Waals surface area contributed by atoms with E-state index in [0.29, 0.717) is 26.2 Å². The summed E-state index contributed by atoms with van der Waals surface area (Å²) in [6.45, 7) is 8.24. The summed E-state index contributed by atoms with van der Waals surface area (Å²) in [4.78, 5) is 28.5. The fourth-order valence-electron chi connectivity index (χ4n) is 3.98. The predicted molar refractivity (Wildman–Crippen MR) is 162 cm³/mol. The number of hydrogen-bond acceptors (Lipinski definition) is 4.